The standard InChI is InChI=1S/C23H33ClO3/c1-13(25)18-7-8-19-17-6-5-15-11-16(27-14(2)26)12-21(24)23(15,4)20(17)9-10-22(18,19)3/h5,16-21H,6-12H2,1-4H3/t16?,17-,18+,19-,20-,21?,22+,23-/m0/s1. The number of hydrogen-bond donors (Lipinski definition) is 0. The van der Waals surface area contributed by atoms with Crippen LogP contribution in [0.15, 0.2) is 11.6 Å². The molecule has 0 spiro atoms. The highest BCUT2D eigenvalue weighted by molar-refractivity contribution is 6.21. The normalized spacial score (nSPS) is 48.7. The fourth-order valence-corrected chi connectivity index (χ4v) is 8.13. The molecular formula is C23H33ClO3. The molecule has 0 heterocycles. The monoisotopic (exact) mass is 392 g/mol. The first kappa shape index (κ1) is 19.5. The molecule has 0 radical (unpaired) electrons. The topological polar surface area (TPSA) is 43.4 Å². The van der Waals surface area contributed by atoms with Crippen molar-refractivity contribution in [3.05, 3.63) is 11.6 Å². The molecule has 0 saturated heterocycles. The van der Waals surface area contributed by atoms with Gasteiger partial charge in [-0.05, 0) is 62.2 Å². The third-order valence-electron chi connectivity index (χ3n) is 8.93. The zero-order valence-corrected chi connectivity index (χ0v) is 17.8. The molecule has 0 N–H and O–H groups in total. The molecule has 0 aromatic rings. The number of hydrogen-bond acceptors (Lipinski definition) is 3. The van der Waals surface area contributed by atoms with Crippen LogP contribution in [0.5, 0.6) is 0 Å². The summed E-state index contributed by atoms with van der Waals surface area (Å²) < 4.78 is 5.52. The predicted molar refractivity (Wildman–Crippen MR) is 106 cm³/mol. The van der Waals surface area contributed by atoms with Gasteiger partial charge in [0.15, 0.2) is 0 Å². The molecule has 27 heavy (non-hydrogen) atoms. The van der Waals surface area contributed by atoms with E-state index in [1.165, 1.54) is 18.9 Å². The quantitative estimate of drug-likeness (QED) is 0.363. The molecule has 0 aromatic carbocycles. The minimum Gasteiger partial charge on any atom is -0.462 e. The van der Waals surface area contributed by atoms with Gasteiger partial charge >= 0.3 is 5.97 Å². The Balaban J connectivity index is 1.63. The molecular weight excluding hydrogens is 360 g/mol. The van der Waals surface area contributed by atoms with Crippen LogP contribution in [0.1, 0.15) is 72.6 Å². The Morgan fingerprint density at radius 1 is 1.15 bits per heavy atom. The average Bonchev–Trinajstić information content (AvgIpc) is 2.93. The van der Waals surface area contributed by atoms with Crippen molar-refractivity contribution in [2.24, 2.45) is 34.5 Å². The SMILES string of the molecule is CC(=O)OC1CC2=CC[C@H]3[C@@H]4CC[C@H](C(C)=O)[C@@]4(C)CC[C@@H]3[C@@]2(C)C(Cl)C1. The van der Waals surface area contributed by atoms with Crippen LogP contribution < -0.4 is 0 Å². The summed E-state index contributed by atoms with van der Waals surface area (Å²) in [7, 11) is 0. The van der Waals surface area contributed by atoms with Gasteiger partial charge in [-0.3, -0.25) is 9.59 Å². The van der Waals surface area contributed by atoms with Gasteiger partial charge in [0, 0.05) is 36.5 Å². The van der Waals surface area contributed by atoms with E-state index in [4.69, 9.17) is 16.3 Å². The summed E-state index contributed by atoms with van der Waals surface area (Å²) in [4.78, 5) is 23.7. The van der Waals surface area contributed by atoms with Gasteiger partial charge in [-0.25, -0.2) is 0 Å². The van der Waals surface area contributed by atoms with Crippen molar-refractivity contribution in [2.45, 2.75) is 84.1 Å². The van der Waals surface area contributed by atoms with Gasteiger partial charge in [0.05, 0.1) is 0 Å². The first-order valence-electron chi connectivity index (χ1n) is 10.7. The molecule has 8 atom stereocenters. The van der Waals surface area contributed by atoms with E-state index in [1.54, 1.807) is 6.92 Å². The number of rotatable bonds is 2. The summed E-state index contributed by atoms with van der Waals surface area (Å²) in [6, 6.07) is 0. The van der Waals surface area contributed by atoms with E-state index in [2.05, 4.69) is 19.9 Å². The van der Waals surface area contributed by atoms with Gasteiger partial charge in [0.25, 0.3) is 0 Å². The van der Waals surface area contributed by atoms with Crippen LogP contribution in [0.2, 0.25) is 0 Å². The first-order valence-corrected chi connectivity index (χ1v) is 11.1. The summed E-state index contributed by atoms with van der Waals surface area (Å²) in [5.41, 5.74) is 1.58. The maximum absolute atomic E-state index is 12.3. The highest BCUT2D eigenvalue weighted by atomic mass is 35.5. The Morgan fingerprint density at radius 2 is 1.89 bits per heavy atom. The largest absolute Gasteiger partial charge is 0.462 e. The van der Waals surface area contributed by atoms with Crippen LogP contribution in [-0.2, 0) is 14.3 Å². The van der Waals surface area contributed by atoms with Gasteiger partial charge in [0.1, 0.15) is 11.9 Å². The van der Waals surface area contributed by atoms with E-state index in [0.717, 1.165) is 38.5 Å². The van der Waals surface area contributed by atoms with Crippen LogP contribution in [0.25, 0.3) is 0 Å². The molecule has 3 fully saturated rings. The maximum Gasteiger partial charge on any atom is 0.302 e. The second-order valence-corrected chi connectivity index (χ2v) is 10.6. The van der Waals surface area contributed by atoms with Gasteiger partial charge in [0.2, 0.25) is 0 Å². The Labute approximate surface area is 168 Å². The molecule has 150 valence electrons. The lowest BCUT2D eigenvalue weighted by atomic mass is 9.47. The van der Waals surface area contributed by atoms with Crippen molar-refractivity contribution < 1.29 is 14.3 Å². The van der Waals surface area contributed by atoms with Crippen LogP contribution in [0.3, 0.4) is 0 Å². The predicted octanol–water partition coefficient (Wildman–Crippen LogP) is 5.30. The van der Waals surface area contributed by atoms with E-state index >= 15 is 0 Å². The third kappa shape index (κ3) is 2.82. The first-order chi connectivity index (χ1) is 12.7. The van der Waals surface area contributed by atoms with Crippen molar-refractivity contribution >= 4 is 23.4 Å². The summed E-state index contributed by atoms with van der Waals surface area (Å²) in [6.07, 6.45) is 9.56. The summed E-state index contributed by atoms with van der Waals surface area (Å²) in [6.45, 7) is 8.01. The molecule has 4 aliphatic carbocycles. The van der Waals surface area contributed by atoms with Crippen LogP contribution in [0, 0.1) is 34.5 Å². The number of allylic oxidation sites excluding steroid dienone is 1. The minimum atomic E-state index is -0.212. The van der Waals surface area contributed by atoms with Crippen LogP contribution >= 0.6 is 11.6 Å². The second-order valence-electron chi connectivity index (χ2n) is 10.0. The van der Waals surface area contributed by atoms with E-state index in [9.17, 15) is 9.59 Å². The van der Waals surface area contributed by atoms with Crippen LogP contribution in [-0.4, -0.2) is 23.2 Å². The zero-order chi connectivity index (χ0) is 19.6. The number of ether oxygens (including phenoxy) is 1. The van der Waals surface area contributed by atoms with E-state index < -0.39 is 0 Å². The molecule has 4 rings (SSSR count). The fourth-order valence-electron chi connectivity index (χ4n) is 7.63. The molecule has 0 bridgehead atoms. The van der Waals surface area contributed by atoms with E-state index in [-0.39, 0.29) is 34.2 Å². The lowest BCUT2D eigenvalue weighted by molar-refractivity contribution is -0.148. The molecule has 3 nitrogen and oxygen atoms in total. The number of esters is 1. The van der Waals surface area contributed by atoms with E-state index in [1.807, 2.05) is 0 Å². The van der Waals surface area contributed by atoms with Crippen LogP contribution in [0.4, 0.5) is 0 Å². The van der Waals surface area contributed by atoms with Gasteiger partial charge in [-0.2, -0.15) is 0 Å². The van der Waals surface area contributed by atoms with Crippen molar-refractivity contribution in [3.8, 4) is 0 Å². The van der Waals surface area contributed by atoms with Crippen molar-refractivity contribution in [2.75, 3.05) is 0 Å². The molecule has 3 saturated carbocycles. The minimum absolute atomic E-state index is 0.00321. The number of ketones is 1. The smallest absolute Gasteiger partial charge is 0.302 e. The lowest BCUT2D eigenvalue weighted by Crippen LogP contribution is -2.54. The molecule has 0 aromatic heterocycles. The highest BCUT2D eigenvalue weighted by Crippen LogP contribution is 2.66. The second kappa shape index (κ2) is 6.61. The van der Waals surface area contributed by atoms with Gasteiger partial charge < -0.3 is 4.74 Å². The van der Waals surface area contributed by atoms with Gasteiger partial charge in [-0.15, -0.1) is 11.6 Å². The average molecular weight is 393 g/mol. The number of fused-ring (bicyclic) bond motifs is 5. The van der Waals surface area contributed by atoms with Crippen molar-refractivity contribution in [1.29, 1.82) is 0 Å². The molecule has 0 amide bonds. The Bertz CT molecular complexity index is 685. The lowest BCUT2D eigenvalue weighted by Gasteiger charge is -2.59. The van der Waals surface area contributed by atoms with Crippen molar-refractivity contribution in [3.63, 3.8) is 0 Å². The summed E-state index contributed by atoms with van der Waals surface area (Å²) in [5.74, 6) is 2.27. The molecule has 4 aliphatic rings. The van der Waals surface area contributed by atoms with Crippen molar-refractivity contribution in [1.82, 2.24) is 0 Å². The number of carbonyl (C=O) groups is 2. The Kier molecular flexibility index (Phi) is 4.77. The molecule has 4 heteroatoms. The number of alkyl halides is 1. The maximum atomic E-state index is 12.3. The Morgan fingerprint density at radius 3 is 2.56 bits per heavy atom. The number of halogens is 1. The third-order valence-corrected chi connectivity index (χ3v) is 9.56. The number of carbonyl (C=O) groups excluding carboxylic acids is 2. The zero-order valence-electron chi connectivity index (χ0n) is 17.1. The van der Waals surface area contributed by atoms with E-state index in [0.29, 0.717) is 23.5 Å². The molecule has 0 aliphatic heterocycles. The molecule has 2 unspecified atom stereocenters. The van der Waals surface area contributed by atoms with Gasteiger partial charge in [-0.1, -0.05) is 25.5 Å². The Hall–Kier alpha value is -0.830. The number of Topliss-reactive ketones (excluding diaryl/α,β-unsaturated/α-hetero) is 1. The fraction of sp³-hybridized carbons (Fsp3) is 0.826. The summed E-state index contributed by atoms with van der Waals surface area (Å²) >= 11 is 7.00. The summed E-state index contributed by atoms with van der Waals surface area (Å²) in [5, 5.41) is 0.00372. The highest BCUT2D eigenvalue weighted by Gasteiger charge is 2.61.